The molecule has 4 rings (SSSR count). The number of nitrogens with zero attached hydrogens (tertiary/aromatic N) is 4. The number of carbonyl (C=O) groups excluding carboxylic acids is 1. The molecule has 2 aromatic rings. The molecule has 29 heavy (non-hydrogen) atoms. The van der Waals surface area contributed by atoms with Crippen LogP contribution < -0.4 is 5.32 Å². The Kier molecular flexibility index (Phi) is 6.56. The minimum atomic E-state index is 0.0960. The van der Waals surface area contributed by atoms with E-state index < -0.39 is 0 Å². The minimum absolute atomic E-state index is 0.0960. The third-order valence-corrected chi connectivity index (χ3v) is 6.26. The Balaban J connectivity index is 1.23. The SMILES string of the molecule is Cc1cc(CNC(=O)[C@@H]2CCCN(C3CCN(Cc4ccncc4)CC3)C2)n[nH]1. The van der Waals surface area contributed by atoms with Crippen LogP contribution in [-0.2, 0) is 17.9 Å². The van der Waals surface area contributed by atoms with Crippen molar-refractivity contribution >= 4 is 5.91 Å². The Bertz CT molecular complexity index is 784. The van der Waals surface area contributed by atoms with Crippen molar-refractivity contribution in [2.75, 3.05) is 26.2 Å². The Morgan fingerprint density at radius 2 is 2.00 bits per heavy atom. The van der Waals surface area contributed by atoms with E-state index in [4.69, 9.17) is 0 Å². The van der Waals surface area contributed by atoms with Crippen molar-refractivity contribution in [1.82, 2.24) is 30.3 Å². The van der Waals surface area contributed by atoms with Gasteiger partial charge in [-0.1, -0.05) is 0 Å². The zero-order valence-electron chi connectivity index (χ0n) is 17.3. The molecular formula is C22H32N6O. The molecule has 7 nitrogen and oxygen atoms in total. The smallest absolute Gasteiger partial charge is 0.224 e. The van der Waals surface area contributed by atoms with Crippen LogP contribution in [0.3, 0.4) is 0 Å². The van der Waals surface area contributed by atoms with Gasteiger partial charge in [0.05, 0.1) is 18.2 Å². The Morgan fingerprint density at radius 3 is 2.72 bits per heavy atom. The monoisotopic (exact) mass is 396 g/mol. The molecule has 0 unspecified atom stereocenters. The molecule has 7 heteroatoms. The molecule has 2 fully saturated rings. The van der Waals surface area contributed by atoms with Crippen LogP contribution in [-0.4, -0.2) is 63.1 Å². The molecule has 0 bridgehead atoms. The van der Waals surface area contributed by atoms with Crippen LogP contribution in [0.15, 0.2) is 30.6 Å². The first-order valence-corrected chi connectivity index (χ1v) is 10.8. The van der Waals surface area contributed by atoms with E-state index in [9.17, 15) is 4.79 Å². The van der Waals surface area contributed by atoms with Gasteiger partial charge in [-0.15, -0.1) is 0 Å². The van der Waals surface area contributed by atoms with E-state index in [1.165, 1.54) is 18.4 Å². The molecule has 1 amide bonds. The standard InChI is InChI=1S/C22H32N6O/c1-17-13-20(26-25-17)14-24-22(29)19-3-2-10-28(16-19)21-6-11-27(12-7-21)15-18-4-8-23-9-5-18/h4-5,8-9,13,19,21H,2-3,6-7,10-12,14-16H2,1H3,(H,24,29)(H,25,26)/t19-/m1/s1. The molecule has 0 radical (unpaired) electrons. The highest BCUT2D eigenvalue weighted by Crippen LogP contribution is 2.24. The number of hydrogen-bond acceptors (Lipinski definition) is 5. The number of aryl methyl sites for hydroxylation is 1. The Morgan fingerprint density at radius 1 is 1.21 bits per heavy atom. The maximum Gasteiger partial charge on any atom is 0.224 e. The van der Waals surface area contributed by atoms with Crippen LogP contribution in [0.1, 0.15) is 42.6 Å². The fourth-order valence-electron chi connectivity index (χ4n) is 4.63. The first kappa shape index (κ1) is 20.0. The molecule has 0 spiro atoms. The number of rotatable bonds is 6. The zero-order chi connectivity index (χ0) is 20.1. The van der Waals surface area contributed by atoms with E-state index in [2.05, 4.69) is 42.4 Å². The van der Waals surface area contributed by atoms with Crippen molar-refractivity contribution < 1.29 is 4.79 Å². The van der Waals surface area contributed by atoms with E-state index in [0.29, 0.717) is 12.6 Å². The van der Waals surface area contributed by atoms with Gasteiger partial charge in [0.15, 0.2) is 0 Å². The highest BCUT2D eigenvalue weighted by atomic mass is 16.1. The third-order valence-electron chi connectivity index (χ3n) is 6.26. The van der Waals surface area contributed by atoms with Gasteiger partial charge >= 0.3 is 0 Å². The molecule has 0 saturated carbocycles. The lowest BCUT2D eigenvalue weighted by molar-refractivity contribution is -0.127. The molecule has 2 aliphatic heterocycles. The summed E-state index contributed by atoms with van der Waals surface area (Å²) in [6, 6.07) is 6.79. The fraction of sp³-hybridized carbons (Fsp3) is 0.591. The summed E-state index contributed by atoms with van der Waals surface area (Å²) < 4.78 is 0. The van der Waals surface area contributed by atoms with Gasteiger partial charge in [0.2, 0.25) is 5.91 Å². The summed E-state index contributed by atoms with van der Waals surface area (Å²) in [6.07, 6.45) is 8.21. The van der Waals surface area contributed by atoms with E-state index >= 15 is 0 Å². The van der Waals surface area contributed by atoms with E-state index in [1.54, 1.807) is 0 Å². The molecule has 4 heterocycles. The molecule has 0 aromatic carbocycles. The summed E-state index contributed by atoms with van der Waals surface area (Å²) in [6.45, 7) is 7.75. The van der Waals surface area contributed by atoms with Gasteiger partial charge in [-0.2, -0.15) is 5.10 Å². The van der Waals surface area contributed by atoms with Crippen molar-refractivity contribution in [3.05, 3.63) is 47.5 Å². The predicted molar refractivity (Wildman–Crippen MR) is 112 cm³/mol. The number of pyridine rings is 1. The Labute approximate surface area is 172 Å². The second kappa shape index (κ2) is 9.50. The maximum atomic E-state index is 12.7. The van der Waals surface area contributed by atoms with Crippen molar-refractivity contribution in [2.45, 2.75) is 51.7 Å². The highest BCUT2D eigenvalue weighted by molar-refractivity contribution is 5.78. The number of H-pyrrole nitrogens is 1. The second-order valence-electron chi connectivity index (χ2n) is 8.46. The molecule has 2 N–H and O–H groups in total. The van der Waals surface area contributed by atoms with E-state index in [1.807, 2.05) is 25.4 Å². The molecular weight excluding hydrogens is 364 g/mol. The van der Waals surface area contributed by atoms with Crippen molar-refractivity contribution in [1.29, 1.82) is 0 Å². The number of likely N-dealkylation sites (tertiary alicyclic amines) is 2. The average molecular weight is 397 g/mol. The fourth-order valence-corrected chi connectivity index (χ4v) is 4.63. The molecule has 2 saturated heterocycles. The highest BCUT2D eigenvalue weighted by Gasteiger charge is 2.31. The number of piperidine rings is 2. The van der Waals surface area contributed by atoms with Crippen molar-refractivity contribution in [2.24, 2.45) is 5.92 Å². The molecule has 156 valence electrons. The van der Waals surface area contributed by atoms with E-state index in [0.717, 1.165) is 57.0 Å². The van der Waals surface area contributed by atoms with Gasteiger partial charge in [-0.25, -0.2) is 0 Å². The lowest BCUT2D eigenvalue weighted by Gasteiger charge is -2.42. The van der Waals surface area contributed by atoms with Crippen LogP contribution in [0.25, 0.3) is 0 Å². The average Bonchev–Trinajstić information content (AvgIpc) is 3.18. The number of amides is 1. The molecule has 1 atom stereocenters. The number of aromatic nitrogens is 3. The number of carbonyl (C=O) groups is 1. The largest absolute Gasteiger partial charge is 0.350 e. The van der Waals surface area contributed by atoms with Crippen LogP contribution in [0, 0.1) is 12.8 Å². The molecule has 2 aromatic heterocycles. The van der Waals surface area contributed by atoms with Crippen LogP contribution in [0.4, 0.5) is 0 Å². The van der Waals surface area contributed by atoms with Gasteiger partial charge in [-0.05, 0) is 76.0 Å². The topological polar surface area (TPSA) is 77.2 Å². The van der Waals surface area contributed by atoms with Gasteiger partial charge < -0.3 is 5.32 Å². The second-order valence-corrected chi connectivity index (χ2v) is 8.46. The normalized spacial score (nSPS) is 21.9. The maximum absolute atomic E-state index is 12.7. The minimum Gasteiger partial charge on any atom is -0.350 e. The van der Waals surface area contributed by atoms with Crippen LogP contribution in [0.5, 0.6) is 0 Å². The van der Waals surface area contributed by atoms with Gasteiger partial charge in [0.1, 0.15) is 0 Å². The number of hydrogen-bond donors (Lipinski definition) is 2. The summed E-state index contributed by atoms with van der Waals surface area (Å²) >= 11 is 0. The Hall–Kier alpha value is -2.25. The first-order chi connectivity index (χ1) is 14.2. The third kappa shape index (κ3) is 5.42. The lowest BCUT2D eigenvalue weighted by atomic mass is 9.93. The van der Waals surface area contributed by atoms with E-state index in [-0.39, 0.29) is 11.8 Å². The molecule has 2 aliphatic rings. The summed E-state index contributed by atoms with van der Waals surface area (Å²) in [5, 5.41) is 10.2. The summed E-state index contributed by atoms with van der Waals surface area (Å²) in [5.41, 5.74) is 3.25. The number of aromatic amines is 1. The van der Waals surface area contributed by atoms with Crippen molar-refractivity contribution in [3.8, 4) is 0 Å². The van der Waals surface area contributed by atoms with Crippen LogP contribution >= 0.6 is 0 Å². The summed E-state index contributed by atoms with van der Waals surface area (Å²) in [4.78, 5) is 21.9. The quantitative estimate of drug-likeness (QED) is 0.782. The van der Waals surface area contributed by atoms with Gasteiger partial charge in [0, 0.05) is 37.2 Å². The van der Waals surface area contributed by atoms with Gasteiger partial charge in [0.25, 0.3) is 0 Å². The first-order valence-electron chi connectivity index (χ1n) is 10.8. The predicted octanol–water partition coefficient (Wildman–Crippen LogP) is 2.11. The summed E-state index contributed by atoms with van der Waals surface area (Å²) in [5.74, 6) is 0.268. The lowest BCUT2D eigenvalue weighted by Crippen LogP contribution is -2.50. The van der Waals surface area contributed by atoms with Crippen LogP contribution in [0.2, 0.25) is 0 Å². The zero-order valence-corrected chi connectivity index (χ0v) is 17.3. The van der Waals surface area contributed by atoms with Crippen molar-refractivity contribution in [3.63, 3.8) is 0 Å². The number of nitrogens with one attached hydrogen (secondary N) is 2. The van der Waals surface area contributed by atoms with Gasteiger partial charge in [-0.3, -0.25) is 24.7 Å². The summed E-state index contributed by atoms with van der Waals surface area (Å²) in [7, 11) is 0. The molecule has 0 aliphatic carbocycles.